The molecule has 0 bridgehead atoms. The Kier molecular flexibility index (Phi) is 7.46. The molecule has 0 unspecified atom stereocenters. The van der Waals surface area contributed by atoms with Crippen molar-refractivity contribution in [3.8, 4) is 11.1 Å². The van der Waals surface area contributed by atoms with E-state index >= 15 is 0 Å². The van der Waals surface area contributed by atoms with Crippen LogP contribution < -0.4 is 15.9 Å². The smallest absolute Gasteiger partial charge is 0.217 e. The van der Waals surface area contributed by atoms with Crippen LogP contribution in [0.25, 0.3) is 32.7 Å². The van der Waals surface area contributed by atoms with Crippen LogP contribution in [0.5, 0.6) is 0 Å². The van der Waals surface area contributed by atoms with Crippen LogP contribution in [-0.4, -0.2) is 18.5 Å². The molecule has 0 aromatic heterocycles. The number of fused-ring (bicyclic) bond motifs is 2. The molecule has 1 fully saturated rings. The third-order valence-electron chi connectivity index (χ3n) is 9.45. The molecule has 216 valence electrons. The summed E-state index contributed by atoms with van der Waals surface area (Å²) in [7, 11) is -0.843. The molecule has 0 spiro atoms. The number of hydrogen-bond donors (Lipinski definition) is 0. The Labute approximate surface area is 261 Å². The Balaban J connectivity index is 1.42. The molecule has 44 heavy (non-hydrogen) atoms. The van der Waals surface area contributed by atoms with Crippen LogP contribution in [0.15, 0.2) is 138 Å². The van der Waals surface area contributed by atoms with Gasteiger partial charge in [-0.1, -0.05) is 147 Å². The van der Waals surface area contributed by atoms with Crippen LogP contribution in [0, 0.1) is 5.92 Å². The molecule has 0 amide bonds. The predicted molar refractivity (Wildman–Crippen MR) is 188 cm³/mol. The minimum absolute atomic E-state index is 0.252. The molecule has 1 aliphatic carbocycles. The Morgan fingerprint density at radius 1 is 0.545 bits per heavy atom. The highest BCUT2D eigenvalue weighted by Crippen LogP contribution is 2.44. The highest BCUT2D eigenvalue weighted by Gasteiger charge is 2.32. The van der Waals surface area contributed by atoms with E-state index in [2.05, 4.69) is 133 Å². The van der Waals surface area contributed by atoms with Crippen molar-refractivity contribution in [2.45, 2.75) is 38.1 Å². The summed E-state index contributed by atoms with van der Waals surface area (Å²) in [6.07, 6.45) is 6.51. The monoisotopic (exact) mass is 589 g/mol. The van der Waals surface area contributed by atoms with E-state index in [1.54, 1.807) is 0 Å². The summed E-state index contributed by atoms with van der Waals surface area (Å²) >= 11 is 0. The second-order valence-corrected chi connectivity index (χ2v) is 14.3. The molecule has 1 heterocycles. The Hall–Kier alpha value is -4.26. The maximum absolute atomic E-state index is 6.55. The van der Waals surface area contributed by atoms with E-state index in [0.29, 0.717) is 12.5 Å². The van der Waals surface area contributed by atoms with E-state index in [1.807, 2.05) is 0 Å². The molecule has 3 heteroatoms. The summed E-state index contributed by atoms with van der Waals surface area (Å²) in [6, 6.07) is 49.2. The summed E-state index contributed by atoms with van der Waals surface area (Å²) in [5.41, 5.74) is 3.63. The van der Waals surface area contributed by atoms with Crippen LogP contribution in [0.3, 0.4) is 0 Å². The standard InChI is InChI=1S/C41H36NOP/c1-4-16-31(17-5-1)37-28-43-41(42-37)36-26-24-29-14-10-12-22-34(29)39(36)40-35-23-13-11-15-30(35)25-27-38(40)44(32-18-6-2-7-19-32)33-20-8-3-9-21-33/h2-3,6-15,18-27,31,37H,1,4-5,16-17,28H2/t37-/m0/s1. The van der Waals surface area contributed by atoms with Crippen molar-refractivity contribution in [3.63, 3.8) is 0 Å². The fraction of sp³-hybridized carbons (Fsp3) is 0.195. The van der Waals surface area contributed by atoms with E-state index in [9.17, 15) is 0 Å². The number of rotatable bonds is 6. The van der Waals surface area contributed by atoms with Crippen LogP contribution in [0.1, 0.15) is 37.7 Å². The minimum Gasteiger partial charge on any atom is -0.475 e. The summed E-state index contributed by atoms with van der Waals surface area (Å²) in [4.78, 5) is 5.35. The summed E-state index contributed by atoms with van der Waals surface area (Å²) in [5.74, 6) is 1.44. The van der Waals surface area contributed by atoms with Crippen molar-refractivity contribution in [3.05, 3.63) is 139 Å². The van der Waals surface area contributed by atoms with E-state index in [-0.39, 0.29) is 6.04 Å². The number of hydrogen-bond acceptors (Lipinski definition) is 2. The molecule has 8 rings (SSSR count). The molecule has 0 radical (unpaired) electrons. The van der Waals surface area contributed by atoms with Gasteiger partial charge < -0.3 is 4.74 Å². The Bertz CT molecular complexity index is 1920. The van der Waals surface area contributed by atoms with Gasteiger partial charge in [-0.25, -0.2) is 4.99 Å². The zero-order valence-corrected chi connectivity index (χ0v) is 25.8. The van der Waals surface area contributed by atoms with Gasteiger partial charge in [-0.2, -0.15) is 0 Å². The summed E-state index contributed by atoms with van der Waals surface area (Å²) in [6.45, 7) is 0.690. The topological polar surface area (TPSA) is 21.6 Å². The fourth-order valence-corrected chi connectivity index (χ4v) is 9.78. The third kappa shape index (κ3) is 5.02. The first-order valence-corrected chi connectivity index (χ1v) is 17.3. The lowest BCUT2D eigenvalue weighted by Gasteiger charge is -2.25. The molecule has 1 atom stereocenters. The lowest BCUT2D eigenvalue weighted by Crippen LogP contribution is -2.23. The Morgan fingerprint density at radius 3 is 1.77 bits per heavy atom. The van der Waals surface area contributed by atoms with Gasteiger partial charge >= 0.3 is 0 Å². The molecule has 6 aromatic carbocycles. The number of nitrogens with zero attached hydrogens (tertiary/aromatic N) is 1. The van der Waals surface area contributed by atoms with Gasteiger partial charge in [0.25, 0.3) is 0 Å². The van der Waals surface area contributed by atoms with Crippen molar-refractivity contribution >= 4 is 51.3 Å². The van der Waals surface area contributed by atoms with Gasteiger partial charge in [0, 0.05) is 11.1 Å². The van der Waals surface area contributed by atoms with Gasteiger partial charge in [-0.3, -0.25) is 0 Å². The first kappa shape index (κ1) is 27.3. The normalized spacial score (nSPS) is 17.2. The molecule has 2 aliphatic rings. The van der Waals surface area contributed by atoms with Crippen molar-refractivity contribution in [1.29, 1.82) is 0 Å². The maximum Gasteiger partial charge on any atom is 0.217 e. The van der Waals surface area contributed by atoms with E-state index < -0.39 is 7.92 Å². The zero-order valence-electron chi connectivity index (χ0n) is 24.9. The minimum atomic E-state index is -0.843. The van der Waals surface area contributed by atoms with Gasteiger partial charge in [0.2, 0.25) is 5.90 Å². The summed E-state index contributed by atoms with van der Waals surface area (Å²) < 4.78 is 6.55. The van der Waals surface area contributed by atoms with Crippen molar-refractivity contribution < 1.29 is 4.74 Å². The first-order valence-electron chi connectivity index (χ1n) is 16.0. The SMILES string of the molecule is c1ccc(P(c2ccccc2)c2ccc3ccccc3c2-c2c(C3=N[C@H](C4CCCCC4)CO3)ccc3ccccc23)cc1. The van der Waals surface area contributed by atoms with Gasteiger partial charge in [0.05, 0.1) is 6.04 Å². The van der Waals surface area contributed by atoms with Gasteiger partial charge in [0.15, 0.2) is 0 Å². The van der Waals surface area contributed by atoms with Crippen molar-refractivity contribution in [1.82, 2.24) is 0 Å². The molecule has 0 saturated heterocycles. The molecule has 6 aromatic rings. The molecule has 1 aliphatic heterocycles. The highest BCUT2D eigenvalue weighted by molar-refractivity contribution is 7.80. The number of benzene rings is 6. The van der Waals surface area contributed by atoms with E-state index in [0.717, 1.165) is 11.5 Å². The lowest BCUT2D eigenvalue weighted by atomic mass is 9.84. The van der Waals surface area contributed by atoms with E-state index in [4.69, 9.17) is 9.73 Å². The summed E-state index contributed by atoms with van der Waals surface area (Å²) in [5, 5.41) is 9.04. The Morgan fingerprint density at radius 2 is 1.11 bits per heavy atom. The third-order valence-corrected chi connectivity index (χ3v) is 11.9. The van der Waals surface area contributed by atoms with Gasteiger partial charge in [-0.05, 0) is 75.8 Å². The first-order chi connectivity index (χ1) is 21.8. The largest absolute Gasteiger partial charge is 0.475 e. The number of ether oxygens (including phenoxy) is 1. The molecule has 1 saturated carbocycles. The van der Waals surface area contributed by atoms with Crippen LogP contribution in [0.4, 0.5) is 0 Å². The van der Waals surface area contributed by atoms with Crippen LogP contribution >= 0.6 is 7.92 Å². The van der Waals surface area contributed by atoms with Gasteiger partial charge in [0.1, 0.15) is 6.61 Å². The zero-order chi connectivity index (χ0) is 29.3. The van der Waals surface area contributed by atoms with Crippen molar-refractivity contribution in [2.24, 2.45) is 10.9 Å². The second-order valence-electron chi connectivity index (χ2n) is 12.1. The maximum atomic E-state index is 6.55. The fourth-order valence-electron chi connectivity index (χ4n) is 7.31. The van der Waals surface area contributed by atoms with Crippen molar-refractivity contribution in [2.75, 3.05) is 6.61 Å². The average Bonchev–Trinajstić information content (AvgIpc) is 3.60. The highest BCUT2D eigenvalue weighted by atomic mass is 31.1. The lowest BCUT2D eigenvalue weighted by molar-refractivity contribution is 0.241. The van der Waals surface area contributed by atoms with Gasteiger partial charge in [-0.15, -0.1) is 0 Å². The molecular formula is C41H36NOP. The quantitative estimate of drug-likeness (QED) is 0.178. The average molecular weight is 590 g/mol. The van der Waals surface area contributed by atoms with Crippen LogP contribution in [0.2, 0.25) is 0 Å². The predicted octanol–water partition coefficient (Wildman–Crippen LogP) is 9.14. The number of aliphatic imine (C=N–C) groups is 1. The second kappa shape index (κ2) is 12.0. The molecule has 0 N–H and O–H groups in total. The molecule has 2 nitrogen and oxygen atoms in total. The molecular weight excluding hydrogens is 553 g/mol. The van der Waals surface area contributed by atoms with E-state index in [1.165, 1.54) is 80.7 Å². The van der Waals surface area contributed by atoms with Crippen LogP contribution in [-0.2, 0) is 4.74 Å².